The molecule has 5 rings (SSSR count). The maximum Gasteiger partial charge on any atom is 0.434 e. The normalized spacial score (nSPS) is 19.8. The van der Waals surface area contributed by atoms with Crippen molar-refractivity contribution in [3.05, 3.63) is 36.5 Å². The number of halogens is 3. The molecule has 1 unspecified atom stereocenters. The molecule has 2 saturated heterocycles. The van der Waals surface area contributed by atoms with Crippen molar-refractivity contribution in [3.63, 3.8) is 0 Å². The molecule has 0 aromatic carbocycles. The Balaban J connectivity index is 1.37. The number of aromatic nitrogens is 5. The quantitative estimate of drug-likeness (QED) is 0.586. The Bertz CT molecular complexity index is 1110. The van der Waals surface area contributed by atoms with Crippen LogP contribution in [0.3, 0.4) is 0 Å². The minimum absolute atomic E-state index is 0.0813. The van der Waals surface area contributed by atoms with Gasteiger partial charge in [0.2, 0.25) is 5.95 Å². The highest BCUT2D eigenvalue weighted by Gasteiger charge is 2.35. The first kappa shape index (κ1) is 21.7. The van der Waals surface area contributed by atoms with Crippen LogP contribution in [0.2, 0.25) is 0 Å². The zero-order valence-corrected chi connectivity index (χ0v) is 18.2. The molecule has 176 valence electrons. The van der Waals surface area contributed by atoms with E-state index in [0.717, 1.165) is 37.9 Å². The van der Waals surface area contributed by atoms with E-state index in [1.165, 1.54) is 16.8 Å². The van der Waals surface area contributed by atoms with Crippen LogP contribution < -0.4 is 14.7 Å². The van der Waals surface area contributed by atoms with Gasteiger partial charge in [0.25, 0.3) is 0 Å². The first-order valence-corrected chi connectivity index (χ1v) is 10.9. The van der Waals surface area contributed by atoms with Gasteiger partial charge in [-0.1, -0.05) is 0 Å². The number of nitrogens with zero attached hydrogens (tertiary/aromatic N) is 8. The number of imidazole rings is 1. The summed E-state index contributed by atoms with van der Waals surface area (Å²) in [5.41, 5.74) is -0.713. The number of fused-ring (bicyclic) bond motifs is 1. The number of hydrogen-bond donors (Lipinski definition) is 0. The summed E-state index contributed by atoms with van der Waals surface area (Å²) in [7, 11) is 1.96. The number of rotatable bonds is 4. The van der Waals surface area contributed by atoms with Crippen LogP contribution in [-0.2, 0) is 10.9 Å². The molecule has 2 aliphatic rings. The van der Waals surface area contributed by atoms with E-state index < -0.39 is 11.9 Å². The standard InChI is InChI=1S/C21H25F3N8O/c1-29(20-26-5-4-17(28-20)30-9-11-33-12-10-30)15-3-2-7-31(13-15)18-19-27-16(21(22,23)24)14-32(19)8-6-25-18/h4-6,8,14-15H,2-3,7,9-13H2,1H3. The molecule has 0 aliphatic carbocycles. The zero-order chi connectivity index (χ0) is 23.0. The van der Waals surface area contributed by atoms with Gasteiger partial charge in [-0.2, -0.15) is 18.2 Å². The van der Waals surface area contributed by atoms with Crippen LogP contribution in [0.1, 0.15) is 18.5 Å². The molecule has 9 nitrogen and oxygen atoms in total. The molecule has 2 aliphatic heterocycles. The molecule has 0 saturated carbocycles. The lowest BCUT2D eigenvalue weighted by molar-refractivity contribution is -0.140. The Morgan fingerprint density at radius 2 is 1.88 bits per heavy atom. The van der Waals surface area contributed by atoms with E-state index in [4.69, 9.17) is 9.72 Å². The summed E-state index contributed by atoms with van der Waals surface area (Å²) in [6.07, 6.45) is 3.04. The Morgan fingerprint density at radius 3 is 2.67 bits per heavy atom. The number of alkyl halides is 3. The number of piperidine rings is 1. The summed E-state index contributed by atoms with van der Waals surface area (Å²) in [6, 6.07) is 1.98. The van der Waals surface area contributed by atoms with Gasteiger partial charge >= 0.3 is 6.18 Å². The monoisotopic (exact) mass is 462 g/mol. The minimum Gasteiger partial charge on any atom is -0.378 e. The van der Waals surface area contributed by atoms with Gasteiger partial charge in [0, 0.05) is 64.1 Å². The molecule has 0 spiro atoms. The molecule has 12 heteroatoms. The first-order valence-electron chi connectivity index (χ1n) is 10.9. The third-order valence-electron chi connectivity index (χ3n) is 6.17. The fourth-order valence-electron chi connectivity index (χ4n) is 4.37. The molecule has 3 aromatic heterocycles. The predicted molar refractivity (Wildman–Crippen MR) is 117 cm³/mol. The SMILES string of the molecule is CN(c1nccc(N2CCOCC2)n1)C1CCCN(c2nccn3cc(C(F)(F)F)nc23)C1. The molecule has 0 amide bonds. The number of morpholine rings is 1. The number of anilines is 3. The molecule has 33 heavy (non-hydrogen) atoms. The van der Waals surface area contributed by atoms with E-state index in [1.54, 1.807) is 6.20 Å². The lowest BCUT2D eigenvalue weighted by Crippen LogP contribution is -2.47. The molecular formula is C21H25F3N8O. The number of ether oxygens (including phenoxy) is 1. The fraction of sp³-hybridized carbons (Fsp3) is 0.524. The average Bonchev–Trinajstić information content (AvgIpc) is 3.30. The molecule has 0 N–H and O–H groups in total. The van der Waals surface area contributed by atoms with E-state index in [9.17, 15) is 13.2 Å². The fourth-order valence-corrected chi connectivity index (χ4v) is 4.37. The Labute approximate surface area is 188 Å². The summed E-state index contributed by atoms with van der Waals surface area (Å²) in [6.45, 7) is 4.21. The van der Waals surface area contributed by atoms with Crippen molar-refractivity contribution in [2.45, 2.75) is 25.1 Å². The van der Waals surface area contributed by atoms with Gasteiger partial charge in [0.05, 0.1) is 13.2 Å². The van der Waals surface area contributed by atoms with Crippen molar-refractivity contribution < 1.29 is 17.9 Å². The Kier molecular flexibility index (Phi) is 5.69. The maximum atomic E-state index is 13.2. The average molecular weight is 462 g/mol. The molecule has 2 fully saturated rings. The van der Waals surface area contributed by atoms with Crippen LogP contribution in [0.5, 0.6) is 0 Å². The summed E-state index contributed by atoms with van der Waals surface area (Å²) in [5, 5.41) is 0. The number of likely N-dealkylation sites (N-methyl/N-ethyl adjacent to an activating group) is 1. The van der Waals surface area contributed by atoms with E-state index in [-0.39, 0.29) is 11.7 Å². The largest absolute Gasteiger partial charge is 0.434 e. The van der Waals surface area contributed by atoms with Crippen LogP contribution in [0.25, 0.3) is 5.65 Å². The highest BCUT2D eigenvalue weighted by molar-refractivity contribution is 5.65. The minimum atomic E-state index is -4.50. The van der Waals surface area contributed by atoms with Crippen molar-refractivity contribution >= 4 is 23.2 Å². The maximum absolute atomic E-state index is 13.2. The van der Waals surface area contributed by atoms with Crippen LogP contribution in [0.4, 0.5) is 30.8 Å². The molecular weight excluding hydrogens is 437 g/mol. The van der Waals surface area contributed by atoms with Crippen molar-refractivity contribution in [2.24, 2.45) is 0 Å². The second-order valence-corrected chi connectivity index (χ2v) is 8.27. The Hall–Kier alpha value is -3.15. The lowest BCUT2D eigenvalue weighted by atomic mass is 10.0. The van der Waals surface area contributed by atoms with Crippen LogP contribution in [-0.4, -0.2) is 76.8 Å². The molecule has 3 aromatic rings. The zero-order valence-electron chi connectivity index (χ0n) is 18.2. The summed E-state index contributed by atoms with van der Waals surface area (Å²) < 4.78 is 46.4. The van der Waals surface area contributed by atoms with E-state index in [2.05, 4.69) is 19.9 Å². The summed E-state index contributed by atoms with van der Waals surface area (Å²) in [4.78, 5) is 23.7. The third-order valence-corrected chi connectivity index (χ3v) is 6.17. The number of hydrogen-bond acceptors (Lipinski definition) is 8. The third kappa shape index (κ3) is 4.39. The van der Waals surface area contributed by atoms with Crippen molar-refractivity contribution in [2.75, 3.05) is 61.1 Å². The van der Waals surface area contributed by atoms with Crippen molar-refractivity contribution in [1.82, 2.24) is 24.3 Å². The topological polar surface area (TPSA) is 74.9 Å². The van der Waals surface area contributed by atoms with Gasteiger partial charge in [-0.3, -0.25) is 0 Å². The predicted octanol–water partition coefficient (Wildman–Crippen LogP) is 2.48. The van der Waals surface area contributed by atoms with E-state index in [0.29, 0.717) is 38.1 Å². The first-order chi connectivity index (χ1) is 15.9. The van der Waals surface area contributed by atoms with Crippen molar-refractivity contribution in [3.8, 4) is 0 Å². The lowest BCUT2D eigenvalue weighted by Gasteiger charge is -2.38. The van der Waals surface area contributed by atoms with E-state index >= 15 is 0 Å². The molecule has 0 bridgehead atoms. The van der Waals surface area contributed by atoms with Gasteiger partial charge in [0.15, 0.2) is 17.2 Å². The highest BCUT2D eigenvalue weighted by atomic mass is 19.4. The second kappa shape index (κ2) is 8.65. The van der Waals surface area contributed by atoms with Crippen molar-refractivity contribution in [1.29, 1.82) is 0 Å². The van der Waals surface area contributed by atoms with Gasteiger partial charge in [-0.15, -0.1) is 0 Å². The molecule has 5 heterocycles. The second-order valence-electron chi connectivity index (χ2n) is 8.27. The smallest absolute Gasteiger partial charge is 0.378 e. The van der Waals surface area contributed by atoms with Crippen LogP contribution in [0, 0.1) is 0 Å². The van der Waals surface area contributed by atoms with Gasteiger partial charge in [-0.25, -0.2) is 15.0 Å². The van der Waals surface area contributed by atoms with Gasteiger partial charge in [0.1, 0.15) is 5.82 Å². The Morgan fingerprint density at radius 1 is 1.06 bits per heavy atom. The molecule has 0 radical (unpaired) electrons. The van der Waals surface area contributed by atoms with Gasteiger partial charge in [-0.05, 0) is 18.9 Å². The van der Waals surface area contributed by atoms with Gasteiger partial charge < -0.3 is 23.8 Å². The molecule has 1 atom stereocenters. The van der Waals surface area contributed by atoms with Crippen LogP contribution >= 0.6 is 0 Å². The highest BCUT2D eigenvalue weighted by Crippen LogP contribution is 2.31. The van der Waals surface area contributed by atoms with Crippen LogP contribution in [0.15, 0.2) is 30.9 Å². The van der Waals surface area contributed by atoms with E-state index in [1.807, 2.05) is 22.9 Å². The summed E-state index contributed by atoms with van der Waals surface area (Å²) >= 11 is 0. The summed E-state index contributed by atoms with van der Waals surface area (Å²) in [5.74, 6) is 1.94.